The van der Waals surface area contributed by atoms with Crippen LogP contribution in [0.4, 0.5) is 9.52 Å². The number of carbonyl (C=O) groups is 1. The SMILES string of the molecule is C[C@@H](Sc1nnc(Cc2cccs2)n1C1CC1)C(=O)Nc1nc(-c2ccc(F)cc2)cs1. The number of amides is 1. The van der Waals surface area contributed by atoms with E-state index in [0.717, 1.165) is 35.8 Å². The van der Waals surface area contributed by atoms with Crippen molar-refractivity contribution in [3.05, 3.63) is 63.7 Å². The molecule has 0 unspecified atom stereocenters. The third-order valence-corrected chi connectivity index (χ3v) is 7.78. The second kappa shape index (κ2) is 9.13. The predicted molar refractivity (Wildman–Crippen MR) is 127 cm³/mol. The van der Waals surface area contributed by atoms with Gasteiger partial charge in [0.2, 0.25) is 5.91 Å². The Hall–Kier alpha value is -2.56. The van der Waals surface area contributed by atoms with Crippen molar-refractivity contribution in [3.8, 4) is 11.3 Å². The van der Waals surface area contributed by atoms with Gasteiger partial charge in [-0.1, -0.05) is 17.8 Å². The smallest absolute Gasteiger partial charge is 0.239 e. The number of thiazole rings is 1. The topological polar surface area (TPSA) is 72.7 Å². The third-order valence-electron chi connectivity index (χ3n) is 5.09. The first-order valence-electron chi connectivity index (χ1n) is 10.2. The number of halogens is 1. The molecule has 0 spiro atoms. The molecule has 0 aliphatic heterocycles. The van der Waals surface area contributed by atoms with Crippen LogP contribution in [0.1, 0.15) is 36.5 Å². The van der Waals surface area contributed by atoms with Crippen LogP contribution >= 0.6 is 34.4 Å². The van der Waals surface area contributed by atoms with Crippen LogP contribution < -0.4 is 5.32 Å². The van der Waals surface area contributed by atoms with E-state index >= 15 is 0 Å². The zero-order chi connectivity index (χ0) is 22.1. The molecule has 1 N–H and O–H groups in total. The van der Waals surface area contributed by atoms with Gasteiger partial charge in [-0.2, -0.15) is 0 Å². The molecule has 1 aliphatic carbocycles. The standard InChI is InChI=1S/C22H20FN5OS3/c1-13(20(29)25-21-24-18(12-31-21)14-4-6-15(23)7-5-14)32-22-27-26-19(28(22)16-8-9-16)11-17-3-2-10-30-17/h2-7,10,12-13,16H,8-9,11H2,1H3,(H,24,25,29)/t13-/m1/s1. The maximum absolute atomic E-state index is 13.1. The molecule has 0 saturated heterocycles. The lowest BCUT2D eigenvalue weighted by molar-refractivity contribution is -0.115. The highest BCUT2D eigenvalue weighted by Crippen LogP contribution is 2.40. The molecule has 0 radical (unpaired) electrons. The molecular weight excluding hydrogens is 465 g/mol. The summed E-state index contributed by atoms with van der Waals surface area (Å²) in [6.45, 7) is 1.86. The van der Waals surface area contributed by atoms with Crippen molar-refractivity contribution < 1.29 is 9.18 Å². The van der Waals surface area contributed by atoms with Crippen molar-refractivity contribution in [1.29, 1.82) is 0 Å². The summed E-state index contributed by atoms with van der Waals surface area (Å²) in [5, 5.41) is 16.6. The minimum atomic E-state index is -0.357. The molecule has 1 amide bonds. The van der Waals surface area contributed by atoms with Gasteiger partial charge in [-0.3, -0.25) is 4.79 Å². The van der Waals surface area contributed by atoms with E-state index in [-0.39, 0.29) is 17.0 Å². The van der Waals surface area contributed by atoms with Crippen molar-refractivity contribution in [2.75, 3.05) is 5.32 Å². The summed E-state index contributed by atoms with van der Waals surface area (Å²) in [6, 6.07) is 10.7. The largest absolute Gasteiger partial charge is 0.303 e. The minimum absolute atomic E-state index is 0.139. The highest BCUT2D eigenvalue weighted by Gasteiger charge is 2.31. The van der Waals surface area contributed by atoms with Gasteiger partial charge < -0.3 is 9.88 Å². The van der Waals surface area contributed by atoms with E-state index in [1.807, 2.05) is 18.4 Å². The van der Waals surface area contributed by atoms with Crippen LogP contribution in [0, 0.1) is 5.82 Å². The van der Waals surface area contributed by atoms with Gasteiger partial charge in [-0.05, 0) is 55.5 Å². The number of benzene rings is 1. The fraction of sp³-hybridized carbons (Fsp3) is 0.273. The number of hydrogen-bond acceptors (Lipinski definition) is 7. The summed E-state index contributed by atoms with van der Waals surface area (Å²) in [5.74, 6) is 0.523. The maximum atomic E-state index is 13.1. The predicted octanol–water partition coefficient (Wildman–Crippen LogP) is 5.65. The van der Waals surface area contributed by atoms with Crippen molar-refractivity contribution in [3.63, 3.8) is 0 Å². The Balaban J connectivity index is 1.25. The zero-order valence-electron chi connectivity index (χ0n) is 17.2. The Morgan fingerprint density at radius 1 is 1.25 bits per heavy atom. The first-order chi connectivity index (χ1) is 15.6. The molecule has 1 aromatic carbocycles. The van der Waals surface area contributed by atoms with Crippen molar-refractivity contribution in [1.82, 2.24) is 19.7 Å². The van der Waals surface area contributed by atoms with Crippen LogP contribution in [0.3, 0.4) is 0 Å². The first kappa shape index (κ1) is 21.3. The van der Waals surface area contributed by atoms with Crippen LogP contribution in [-0.4, -0.2) is 30.9 Å². The molecule has 3 aromatic heterocycles. The quantitative estimate of drug-likeness (QED) is 0.327. The Kier molecular flexibility index (Phi) is 6.07. The second-order valence-corrected chi connectivity index (χ2v) is 10.7. The Labute approximate surface area is 196 Å². The molecule has 3 heterocycles. The fourth-order valence-corrected chi connectivity index (χ4v) is 5.64. The van der Waals surface area contributed by atoms with Crippen molar-refractivity contribution in [2.24, 2.45) is 0 Å². The molecule has 164 valence electrons. The number of carbonyl (C=O) groups excluding carboxylic acids is 1. The van der Waals surface area contributed by atoms with Gasteiger partial charge in [0.05, 0.1) is 10.9 Å². The highest BCUT2D eigenvalue weighted by molar-refractivity contribution is 8.00. The van der Waals surface area contributed by atoms with Gasteiger partial charge in [0.25, 0.3) is 0 Å². The van der Waals surface area contributed by atoms with E-state index < -0.39 is 0 Å². The number of rotatable bonds is 8. The van der Waals surface area contributed by atoms with Gasteiger partial charge in [-0.25, -0.2) is 9.37 Å². The van der Waals surface area contributed by atoms with Crippen LogP contribution in [-0.2, 0) is 11.2 Å². The monoisotopic (exact) mass is 485 g/mol. The summed E-state index contributed by atoms with van der Waals surface area (Å²) in [7, 11) is 0. The molecular formula is C22H20FN5OS3. The summed E-state index contributed by atoms with van der Waals surface area (Å²) in [6.07, 6.45) is 3.00. The van der Waals surface area contributed by atoms with E-state index in [4.69, 9.17) is 0 Å². The molecule has 1 atom stereocenters. The number of thiophene rings is 1. The van der Waals surface area contributed by atoms with Crippen LogP contribution in [0.5, 0.6) is 0 Å². The number of anilines is 1. The van der Waals surface area contributed by atoms with Gasteiger partial charge in [0.1, 0.15) is 11.6 Å². The van der Waals surface area contributed by atoms with Crippen molar-refractivity contribution in [2.45, 2.75) is 42.6 Å². The Morgan fingerprint density at radius 3 is 2.78 bits per heavy atom. The number of hydrogen-bond donors (Lipinski definition) is 1. The lowest BCUT2D eigenvalue weighted by Gasteiger charge is -2.12. The Morgan fingerprint density at radius 2 is 2.06 bits per heavy atom. The van der Waals surface area contributed by atoms with Crippen molar-refractivity contribution >= 4 is 45.5 Å². The number of aromatic nitrogens is 4. The van der Waals surface area contributed by atoms with Crippen LogP contribution in [0.2, 0.25) is 0 Å². The summed E-state index contributed by atoms with van der Waals surface area (Å²) >= 11 is 4.48. The van der Waals surface area contributed by atoms with Gasteiger partial charge >= 0.3 is 0 Å². The summed E-state index contributed by atoms with van der Waals surface area (Å²) < 4.78 is 15.3. The van der Waals surface area contributed by atoms with E-state index in [0.29, 0.717) is 16.9 Å². The molecule has 6 nitrogen and oxygen atoms in total. The zero-order valence-corrected chi connectivity index (χ0v) is 19.6. The summed E-state index contributed by atoms with van der Waals surface area (Å²) in [4.78, 5) is 18.5. The first-order valence-corrected chi connectivity index (χ1v) is 12.9. The normalized spacial score (nSPS) is 14.4. The third kappa shape index (κ3) is 4.77. The number of thioether (sulfide) groups is 1. The average molecular weight is 486 g/mol. The second-order valence-electron chi connectivity index (χ2n) is 7.55. The van der Waals surface area contributed by atoms with E-state index in [1.54, 1.807) is 23.5 Å². The number of nitrogens with one attached hydrogen (secondary N) is 1. The molecule has 1 aliphatic rings. The van der Waals surface area contributed by atoms with Crippen LogP contribution in [0.15, 0.2) is 52.3 Å². The average Bonchev–Trinajstić information content (AvgIpc) is 3.15. The highest BCUT2D eigenvalue weighted by atomic mass is 32.2. The van der Waals surface area contributed by atoms with Gasteiger partial charge in [-0.15, -0.1) is 32.9 Å². The molecule has 0 bridgehead atoms. The number of nitrogens with zero attached hydrogens (tertiary/aromatic N) is 4. The maximum Gasteiger partial charge on any atom is 0.239 e. The molecule has 4 aromatic rings. The van der Waals surface area contributed by atoms with Crippen LogP contribution in [0.25, 0.3) is 11.3 Å². The molecule has 1 fully saturated rings. The molecule has 5 rings (SSSR count). The minimum Gasteiger partial charge on any atom is -0.303 e. The fourth-order valence-electron chi connectivity index (χ4n) is 3.28. The lowest BCUT2D eigenvalue weighted by Crippen LogP contribution is -2.23. The van der Waals surface area contributed by atoms with E-state index in [9.17, 15) is 9.18 Å². The molecule has 32 heavy (non-hydrogen) atoms. The Bertz CT molecular complexity index is 1210. The lowest BCUT2D eigenvalue weighted by atomic mass is 10.2. The molecule has 1 saturated carbocycles. The van der Waals surface area contributed by atoms with Gasteiger partial charge in [0, 0.05) is 28.3 Å². The molecule has 10 heteroatoms. The summed E-state index contributed by atoms with van der Waals surface area (Å²) in [5.41, 5.74) is 1.51. The van der Waals surface area contributed by atoms with Gasteiger partial charge in [0.15, 0.2) is 10.3 Å². The van der Waals surface area contributed by atoms with E-state index in [2.05, 4.69) is 36.5 Å². The van der Waals surface area contributed by atoms with E-state index in [1.165, 1.54) is 40.1 Å².